The van der Waals surface area contributed by atoms with Crippen molar-refractivity contribution >= 4 is 28.3 Å². The number of allylic oxidation sites excluding steroid dienone is 2. The summed E-state index contributed by atoms with van der Waals surface area (Å²) in [4.78, 5) is 27.2. The van der Waals surface area contributed by atoms with E-state index >= 15 is 0 Å². The third kappa shape index (κ3) is 2.45. The largest absolute Gasteiger partial charge is 0.457 e. The second-order valence-corrected chi connectivity index (χ2v) is 8.12. The molecule has 2 bridgehead atoms. The van der Waals surface area contributed by atoms with Gasteiger partial charge in [-0.05, 0) is 65.4 Å². The van der Waals surface area contributed by atoms with Crippen LogP contribution >= 0.6 is 0 Å². The van der Waals surface area contributed by atoms with Gasteiger partial charge in [0, 0.05) is 0 Å². The Balaban J connectivity index is 1.24. The molecule has 142 valence electrons. The molecule has 4 nitrogen and oxygen atoms in total. The zero-order valence-electron chi connectivity index (χ0n) is 15.7. The van der Waals surface area contributed by atoms with E-state index in [4.69, 9.17) is 4.74 Å². The maximum absolute atomic E-state index is 12.9. The van der Waals surface area contributed by atoms with Crippen LogP contribution in [0, 0.1) is 23.7 Å². The number of nitrogens with zero attached hydrogens (tertiary/aromatic N) is 1. The molecule has 2 fully saturated rings. The zero-order chi connectivity index (χ0) is 19.5. The summed E-state index contributed by atoms with van der Waals surface area (Å²) in [6, 6.07) is 21.3. The molecule has 2 aliphatic carbocycles. The molecule has 2 amide bonds. The van der Waals surface area contributed by atoms with Crippen LogP contribution in [0.3, 0.4) is 0 Å². The molecular formula is C25H19NO3. The second-order valence-electron chi connectivity index (χ2n) is 8.12. The quantitative estimate of drug-likeness (QED) is 0.477. The standard InChI is InChI=1S/C25H19NO3/c27-24-22-17-5-6-18(13-17)23(22)25(28)26(24)19-8-11-20(12-9-19)29-21-10-7-15-3-1-2-4-16(15)14-21/h1-12,14,17-18,22-23H,13H2/t17-,18-,22+,23+/m0/s1. The number of rotatable bonds is 3. The first kappa shape index (κ1) is 16.5. The summed E-state index contributed by atoms with van der Waals surface area (Å²) in [5.41, 5.74) is 0.625. The van der Waals surface area contributed by atoms with Gasteiger partial charge in [0.15, 0.2) is 0 Å². The maximum Gasteiger partial charge on any atom is 0.238 e. The summed E-state index contributed by atoms with van der Waals surface area (Å²) in [6.45, 7) is 0. The molecule has 6 rings (SSSR count). The fraction of sp³-hybridized carbons (Fsp3) is 0.200. The minimum Gasteiger partial charge on any atom is -0.457 e. The van der Waals surface area contributed by atoms with Crippen molar-refractivity contribution in [2.75, 3.05) is 4.90 Å². The van der Waals surface area contributed by atoms with E-state index in [0.717, 1.165) is 22.9 Å². The van der Waals surface area contributed by atoms with Gasteiger partial charge in [-0.25, -0.2) is 0 Å². The average molecular weight is 381 g/mol. The number of imide groups is 1. The zero-order valence-corrected chi connectivity index (χ0v) is 15.7. The van der Waals surface area contributed by atoms with Crippen molar-refractivity contribution in [2.45, 2.75) is 6.42 Å². The van der Waals surface area contributed by atoms with Crippen LogP contribution in [0.2, 0.25) is 0 Å². The third-order valence-electron chi connectivity index (χ3n) is 6.52. The highest BCUT2D eigenvalue weighted by Crippen LogP contribution is 2.53. The summed E-state index contributed by atoms with van der Waals surface area (Å²) < 4.78 is 5.98. The number of hydrogen-bond donors (Lipinski definition) is 0. The van der Waals surface area contributed by atoms with Crippen LogP contribution in [-0.2, 0) is 9.59 Å². The molecule has 4 atom stereocenters. The minimum absolute atomic E-state index is 0.0555. The van der Waals surface area contributed by atoms with E-state index in [0.29, 0.717) is 11.4 Å². The number of benzene rings is 3. The van der Waals surface area contributed by atoms with Gasteiger partial charge in [-0.3, -0.25) is 14.5 Å². The molecule has 1 aliphatic heterocycles. The van der Waals surface area contributed by atoms with Gasteiger partial charge in [-0.15, -0.1) is 0 Å². The van der Waals surface area contributed by atoms with Crippen molar-refractivity contribution in [3.8, 4) is 11.5 Å². The minimum atomic E-state index is -0.175. The Morgan fingerprint density at radius 3 is 2.03 bits per heavy atom. The van der Waals surface area contributed by atoms with Gasteiger partial charge in [0.2, 0.25) is 11.8 Å². The van der Waals surface area contributed by atoms with Crippen molar-refractivity contribution in [3.63, 3.8) is 0 Å². The van der Waals surface area contributed by atoms with Crippen LogP contribution in [0.5, 0.6) is 11.5 Å². The highest BCUT2D eigenvalue weighted by atomic mass is 16.5. The number of fused-ring (bicyclic) bond motifs is 6. The lowest BCUT2D eigenvalue weighted by Gasteiger charge is -2.17. The van der Waals surface area contributed by atoms with Gasteiger partial charge in [-0.1, -0.05) is 42.5 Å². The first-order chi connectivity index (χ1) is 14.2. The maximum atomic E-state index is 12.9. The van der Waals surface area contributed by atoms with Crippen molar-refractivity contribution in [3.05, 3.63) is 78.9 Å². The SMILES string of the molecule is O=C1[C@H]2[C@H](C(=O)N1c1ccc(Oc3ccc4ccccc4c3)cc1)[C@H]1C=C[C@H]2C1. The fourth-order valence-corrected chi connectivity index (χ4v) is 5.19. The van der Waals surface area contributed by atoms with Gasteiger partial charge in [0.25, 0.3) is 0 Å². The van der Waals surface area contributed by atoms with Crippen LogP contribution in [0.15, 0.2) is 78.9 Å². The van der Waals surface area contributed by atoms with E-state index in [2.05, 4.69) is 24.3 Å². The molecule has 29 heavy (non-hydrogen) atoms. The van der Waals surface area contributed by atoms with Gasteiger partial charge >= 0.3 is 0 Å². The van der Waals surface area contributed by atoms with Crippen molar-refractivity contribution in [2.24, 2.45) is 23.7 Å². The van der Waals surface area contributed by atoms with Gasteiger partial charge in [0.1, 0.15) is 11.5 Å². The van der Waals surface area contributed by atoms with E-state index in [1.165, 1.54) is 4.90 Å². The summed E-state index contributed by atoms with van der Waals surface area (Å²) in [7, 11) is 0. The number of amides is 2. The van der Waals surface area contributed by atoms with E-state index in [9.17, 15) is 9.59 Å². The molecule has 1 saturated heterocycles. The molecule has 3 aromatic rings. The molecule has 1 saturated carbocycles. The first-order valence-corrected chi connectivity index (χ1v) is 10.0. The van der Waals surface area contributed by atoms with Crippen LogP contribution < -0.4 is 9.64 Å². The Bertz CT molecular complexity index is 1150. The number of carbonyl (C=O) groups is 2. The number of carbonyl (C=O) groups excluding carboxylic acids is 2. The third-order valence-corrected chi connectivity index (χ3v) is 6.52. The monoisotopic (exact) mass is 381 g/mol. The topological polar surface area (TPSA) is 46.6 Å². The van der Waals surface area contributed by atoms with Crippen molar-refractivity contribution in [1.82, 2.24) is 0 Å². The highest BCUT2D eigenvalue weighted by molar-refractivity contribution is 6.22. The number of ether oxygens (including phenoxy) is 1. The summed E-state index contributed by atoms with van der Waals surface area (Å²) in [5.74, 6) is 1.41. The summed E-state index contributed by atoms with van der Waals surface area (Å²) >= 11 is 0. The Kier molecular flexibility index (Phi) is 3.45. The number of hydrogen-bond acceptors (Lipinski definition) is 3. The van der Waals surface area contributed by atoms with Gasteiger partial charge < -0.3 is 4.74 Å². The lowest BCUT2D eigenvalue weighted by Crippen LogP contribution is -2.32. The Hall–Kier alpha value is -3.40. The van der Waals surface area contributed by atoms with Gasteiger partial charge in [-0.2, -0.15) is 0 Å². The van der Waals surface area contributed by atoms with E-state index in [1.54, 1.807) is 12.1 Å². The average Bonchev–Trinajstić information content (AvgIpc) is 3.43. The lowest BCUT2D eigenvalue weighted by molar-refractivity contribution is -0.123. The van der Waals surface area contributed by atoms with Crippen molar-refractivity contribution in [1.29, 1.82) is 0 Å². The molecule has 0 spiro atoms. The lowest BCUT2D eigenvalue weighted by atomic mass is 9.85. The van der Waals surface area contributed by atoms with Crippen LogP contribution in [-0.4, -0.2) is 11.8 Å². The summed E-state index contributed by atoms with van der Waals surface area (Å²) in [6.07, 6.45) is 5.17. The molecule has 0 radical (unpaired) electrons. The predicted molar refractivity (Wildman–Crippen MR) is 111 cm³/mol. The molecule has 1 heterocycles. The van der Waals surface area contributed by atoms with E-state index < -0.39 is 0 Å². The van der Waals surface area contributed by atoms with Crippen LogP contribution in [0.4, 0.5) is 5.69 Å². The second kappa shape index (κ2) is 6.05. The highest BCUT2D eigenvalue weighted by Gasteiger charge is 2.59. The van der Waals surface area contributed by atoms with Crippen molar-refractivity contribution < 1.29 is 14.3 Å². The summed E-state index contributed by atoms with van der Waals surface area (Å²) in [5, 5.41) is 2.28. The molecule has 0 aromatic heterocycles. The Morgan fingerprint density at radius 1 is 0.724 bits per heavy atom. The smallest absolute Gasteiger partial charge is 0.238 e. The van der Waals surface area contributed by atoms with Gasteiger partial charge in [0.05, 0.1) is 17.5 Å². The Morgan fingerprint density at radius 2 is 1.34 bits per heavy atom. The normalized spacial score (nSPS) is 27.1. The molecular weight excluding hydrogens is 362 g/mol. The molecule has 0 unspecified atom stereocenters. The molecule has 3 aliphatic rings. The van der Waals surface area contributed by atoms with Crippen LogP contribution in [0.1, 0.15) is 6.42 Å². The molecule has 4 heteroatoms. The molecule has 3 aromatic carbocycles. The van der Waals surface area contributed by atoms with E-state index in [-0.39, 0.29) is 35.5 Å². The fourth-order valence-electron chi connectivity index (χ4n) is 5.19. The van der Waals surface area contributed by atoms with E-state index in [1.807, 2.05) is 42.5 Å². The Labute approximate surface area is 168 Å². The van der Waals surface area contributed by atoms with Crippen LogP contribution in [0.25, 0.3) is 10.8 Å². The molecule has 0 N–H and O–H groups in total. The number of anilines is 1. The predicted octanol–water partition coefficient (Wildman–Crippen LogP) is 4.94. The first-order valence-electron chi connectivity index (χ1n) is 10.0.